The molecule has 0 spiro atoms. The Kier molecular flexibility index (Phi) is 4.77. The minimum atomic E-state index is 0.622. The Morgan fingerprint density at radius 2 is 1.50 bits per heavy atom. The van der Waals surface area contributed by atoms with Crippen molar-refractivity contribution in [2.24, 2.45) is 0 Å². The van der Waals surface area contributed by atoms with Crippen molar-refractivity contribution in [3.05, 3.63) is 36.3 Å². The second kappa shape index (κ2) is 7.33. The van der Waals surface area contributed by atoms with Gasteiger partial charge in [0, 0.05) is 34.8 Å². The molecule has 24 heavy (non-hydrogen) atoms. The van der Waals surface area contributed by atoms with Crippen LogP contribution in [0.25, 0.3) is 21.9 Å². The first-order valence-corrected chi connectivity index (χ1v) is 9.64. The number of aromatic amines is 1. The van der Waals surface area contributed by atoms with Gasteiger partial charge in [0.05, 0.1) is 5.52 Å². The fourth-order valence-corrected chi connectivity index (χ4v) is 4.14. The van der Waals surface area contributed by atoms with Crippen molar-refractivity contribution in [2.75, 3.05) is 0 Å². The minimum Gasteiger partial charge on any atom is -0.339 e. The lowest BCUT2D eigenvalue weighted by Crippen LogP contribution is -2.02. The van der Waals surface area contributed by atoms with Crippen molar-refractivity contribution >= 4 is 21.9 Å². The van der Waals surface area contributed by atoms with E-state index in [4.69, 9.17) is 4.98 Å². The molecule has 0 aromatic carbocycles. The van der Waals surface area contributed by atoms with Gasteiger partial charge in [-0.25, -0.2) is 4.98 Å². The van der Waals surface area contributed by atoms with E-state index < -0.39 is 0 Å². The summed E-state index contributed by atoms with van der Waals surface area (Å²) in [5.74, 6) is 0.622. The molecule has 0 aliphatic heterocycles. The van der Waals surface area contributed by atoms with Gasteiger partial charge in [0.15, 0.2) is 0 Å². The van der Waals surface area contributed by atoms with Crippen molar-refractivity contribution in [3.63, 3.8) is 0 Å². The summed E-state index contributed by atoms with van der Waals surface area (Å²) in [7, 11) is 0. The second-order valence-electron chi connectivity index (χ2n) is 7.28. The zero-order valence-corrected chi connectivity index (χ0v) is 14.4. The molecule has 1 aliphatic carbocycles. The fourth-order valence-electron chi connectivity index (χ4n) is 4.14. The summed E-state index contributed by atoms with van der Waals surface area (Å²) in [5, 5.41) is 2.37. The van der Waals surface area contributed by atoms with E-state index in [1.807, 2.05) is 18.5 Å². The van der Waals surface area contributed by atoms with Crippen molar-refractivity contribution in [2.45, 2.75) is 70.1 Å². The van der Waals surface area contributed by atoms with Gasteiger partial charge in [0.2, 0.25) is 0 Å². The number of aromatic nitrogens is 3. The minimum absolute atomic E-state index is 0.622. The van der Waals surface area contributed by atoms with E-state index >= 15 is 0 Å². The predicted molar refractivity (Wildman–Crippen MR) is 100 cm³/mol. The Morgan fingerprint density at radius 3 is 2.25 bits per heavy atom. The largest absolute Gasteiger partial charge is 0.339 e. The molecule has 126 valence electrons. The Bertz CT molecular complexity index is 793. The molecule has 1 N–H and O–H groups in total. The molecular weight excluding hydrogens is 294 g/mol. The molecule has 3 aromatic rings. The Hall–Kier alpha value is -1.90. The molecule has 1 saturated carbocycles. The highest BCUT2D eigenvalue weighted by molar-refractivity contribution is 6.05. The van der Waals surface area contributed by atoms with Crippen molar-refractivity contribution in [1.82, 2.24) is 15.0 Å². The van der Waals surface area contributed by atoms with E-state index in [-0.39, 0.29) is 0 Å². The summed E-state index contributed by atoms with van der Waals surface area (Å²) in [5.41, 5.74) is 3.43. The van der Waals surface area contributed by atoms with Crippen LogP contribution in [-0.2, 0) is 0 Å². The average Bonchev–Trinajstić information content (AvgIpc) is 2.95. The highest BCUT2D eigenvalue weighted by Gasteiger charge is 2.15. The molecule has 3 heterocycles. The number of fused-ring (bicyclic) bond motifs is 3. The monoisotopic (exact) mass is 321 g/mol. The third-order valence-electron chi connectivity index (χ3n) is 5.55. The number of pyridine rings is 2. The van der Waals surface area contributed by atoms with Gasteiger partial charge in [-0.3, -0.25) is 4.98 Å². The van der Waals surface area contributed by atoms with Crippen LogP contribution in [0.15, 0.2) is 30.6 Å². The van der Waals surface area contributed by atoms with Gasteiger partial charge in [0.1, 0.15) is 5.65 Å². The smallest absolute Gasteiger partial charge is 0.138 e. The van der Waals surface area contributed by atoms with Gasteiger partial charge < -0.3 is 4.98 Å². The van der Waals surface area contributed by atoms with Crippen molar-refractivity contribution in [3.8, 4) is 0 Å². The normalized spacial score (nSPS) is 18.7. The first-order chi connectivity index (χ1) is 11.9. The summed E-state index contributed by atoms with van der Waals surface area (Å²) in [6, 6.07) is 6.53. The van der Waals surface area contributed by atoms with E-state index in [1.54, 1.807) is 0 Å². The van der Waals surface area contributed by atoms with Gasteiger partial charge >= 0.3 is 0 Å². The van der Waals surface area contributed by atoms with Crippen molar-refractivity contribution in [1.29, 1.82) is 0 Å². The number of nitrogens with one attached hydrogen (secondary N) is 1. The number of H-pyrrole nitrogens is 1. The third-order valence-corrected chi connectivity index (χ3v) is 5.55. The number of nitrogens with zero attached hydrogens (tertiary/aromatic N) is 2. The van der Waals surface area contributed by atoms with Crippen LogP contribution in [0.5, 0.6) is 0 Å². The standard InChI is InChI=1S/C21H27N3/c1-2-4-6-8-10-16(9-7-5-3-1)19-12-11-17-18-15-22-14-13-20(18)24-21(17)23-19/h11-16H,1-10H2,(H,23,24). The van der Waals surface area contributed by atoms with Crippen LogP contribution in [0.4, 0.5) is 0 Å². The summed E-state index contributed by atoms with van der Waals surface area (Å²) in [4.78, 5) is 12.7. The molecule has 3 heteroatoms. The van der Waals surface area contributed by atoms with E-state index in [9.17, 15) is 0 Å². The zero-order valence-electron chi connectivity index (χ0n) is 14.4. The summed E-state index contributed by atoms with van der Waals surface area (Å²) in [6.45, 7) is 0. The van der Waals surface area contributed by atoms with Crippen molar-refractivity contribution < 1.29 is 0 Å². The lowest BCUT2D eigenvalue weighted by molar-refractivity contribution is 0.506. The second-order valence-corrected chi connectivity index (χ2v) is 7.28. The van der Waals surface area contributed by atoms with Gasteiger partial charge in [-0.05, 0) is 31.0 Å². The molecule has 3 nitrogen and oxygen atoms in total. The molecule has 0 atom stereocenters. The topological polar surface area (TPSA) is 41.6 Å². The fraction of sp³-hybridized carbons (Fsp3) is 0.524. The van der Waals surface area contributed by atoms with Gasteiger partial charge in [-0.1, -0.05) is 51.4 Å². The van der Waals surface area contributed by atoms with E-state index in [2.05, 4.69) is 22.1 Å². The first-order valence-electron chi connectivity index (χ1n) is 9.64. The molecular formula is C21H27N3. The maximum Gasteiger partial charge on any atom is 0.138 e. The number of hydrogen-bond acceptors (Lipinski definition) is 2. The lowest BCUT2D eigenvalue weighted by atomic mass is 9.92. The van der Waals surface area contributed by atoms with Crippen LogP contribution < -0.4 is 0 Å². The molecule has 0 amide bonds. The summed E-state index contributed by atoms with van der Waals surface area (Å²) in [6.07, 6.45) is 17.5. The van der Waals surface area contributed by atoms with E-state index in [0.717, 1.165) is 11.2 Å². The molecule has 4 rings (SSSR count). The highest BCUT2D eigenvalue weighted by atomic mass is 14.9. The van der Waals surface area contributed by atoms with Gasteiger partial charge in [-0.15, -0.1) is 0 Å². The molecule has 0 saturated heterocycles. The predicted octanol–water partition coefficient (Wildman–Crippen LogP) is 6.11. The summed E-state index contributed by atoms with van der Waals surface area (Å²) >= 11 is 0. The van der Waals surface area contributed by atoms with Crippen LogP contribution >= 0.6 is 0 Å². The SMILES string of the molecule is c1cc2[nH]c3nc(C4CCCCCCCCCC4)ccc3c2cn1. The van der Waals surface area contributed by atoms with E-state index in [1.165, 1.54) is 80.7 Å². The number of rotatable bonds is 1. The molecule has 1 fully saturated rings. The van der Waals surface area contributed by atoms with Crippen LogP contribution in [0, 0.1) is 0 Å². The zero-order chi connectivity index (χ0) is 16.2. The molecule has 0 radical (unpaired) electrons. The molecule has 3 aromatic heterocycles. The lowest BCUT2D eigenvalue weighted by Gasteiger charge is -2.16. The van der Waals surface area contributed by atoms with Gasteiger partial charge in [-0.2, -0.15) is 0 Å². The van der Waals surface area contributed by atoms with Crippen LogP contribution in [0.1, 0.15) is 75.8 Å². The van der Waals surface area contributed by atoms with Crippen LogP contribution in [-0.4, -0.2) is 15.0 Å². The maximum absolute atomic E-state index is 5.00. The Morgan fingerprint density at radius 1 is 0.792 bits per heavy atom. The molecule has 0 bridgehead atoms. The first kappa shape index (κ1) is 15.6. The van der Waals surface area contributed by atoms with Crippen LogP contribution in [0.2, 0.25) is 0 Å². The average molecular weight is 321 g/mol. The quantitative estimate of drug-likeness (QED) is 0.587. The maximum atomic E-state index is 5.00. The van der Waals surface area contributed by atoms with E-state index in [0.29, 0.717) is 5.92 Å². The van der Waals surface area contributed by atoms with Crippen LogP contribution in [0.3, 0.4) is 0 Å². The molecule has 1 aliphatic rings. The Labute approximate surface area is 143 Å². The van der Waals surface area contributed by atoms with Gasteiger partial charge in [0.25, 0.3) is 0 Å². The summed E-state index contributed by atoms with van der Waals surface area (Å²) < 4.78 is 0. The molecule has 0 unspecified atom stereocenters. The number of hydrogen-bond donors (Lipinski definition) is 1. The highest BCUT2D eigenvalue weighted by Crippen LogP contribution is 2.31. The Balaban J connectivity index is 1.61. The third kappa shape index (κ3) is 3.31.